The van der Waals surface area contributed by atoms with Gasteiger partial charge in [0, 0.05) is 13.1 Å². The Morgan fingerprint density at radius 1 is 1.46 bits per heavy atom. The summed E-state index contributed by atoms with van der Waals surface area (Å²) in [5.74, 6) is 2.34. The van der Waals surface area contributed by atoms with Gasteiger partial charge in [0.1, 0.15) is 0 Å². The summed E-state index contributed by atoms with van der Waals surface area (Å²) in [6, 6.07) is 0. The van der Waals surface area contributed by atoms with Crippen LogP contribution in [0.25, 0.3) is 0 Å². The fourth-order valence-electron chi connectivity index (χ4n) is 2.70. The molecule has 2 fully saturated rings. The third kappa shape index (κ3) is 1.90. The first-order valence-corrected chi connectivity index (χ1v) is 5.05. The topological polar surface area (TPSA) is 41.5 Å². The molecule has 1 amide bonds. The fraction of sp³-hybridized carbons (Fsp3) is 0.800. The van der Waals surface area contributed by atoms with Gasteiger partial charge in [-0.2, -0.15) is 5.10 Å². The molecule has 3 nitrogen and oxygen atoms in total. The summed E-state index contributed by atoms with van der Waals surface area (Å²) in [5, 5.41) is 3.95. The number of hydrogen-bond acceptors (Lipinski definition) is 2. The molecular formula is C10H16N2O. The SMILES string of the molecule is CC(=O)N/N=C/C1CC2CCC1C2. The molecule has 0 aromatic carbocycles. The predicted molar refractivity (Wildman–Crippen MR) is 51.2 cm³/mol. The normalized spacial score (nSPS) is 37.2. The van der Waals surface area contributed by atoms with Crippen LogP contribution in [0.3, 0.4) is 0 Å². The van der Waals surface area contributed by atoms with Crippen molar-refractivity contribution in [3.05, 3.63) is 0 Å². The number of hydrazone groups is 1. The molecule has 3 atom stereocenters. The number of nitrogens with zero attached hydrogens (tertiary/aromatic N) is 1. The third-order valence-corrected chi connectivity index (χ3v) is 3.28. The number of rotatable bonds is 2. The average molecular weight is 180 g/mol. The summed E-state index contributed by atoms with van der Waals surface area (Å²) in [6.45, 7) is 1.48. The van der Waals surface area contributed by atoms with Gasteiger partial charge in [0.15, 0.2) is 0 Å². The van der Waals surface area contributed by atoms with E-state index in [-0.39, 0.29) is 5.91 Å². The van der Waals surface area contributed by atoms with Gasteiger partial charge in [-0.1, -0.05) is 6.42 Å². The number of carbonyl (C=O) groups is 1. The summed E-state index contributed by atoms with van der Waals surface area (Å²) in [7, 11) is 0. The standard InChI is InChI=1S/C10H16N2O/c1-7(13)12-11-6-10-5-8-2-3-9(10)4-8/h6,8-10H,2-5H2,1H3,(H,12,13)/b11-6+. The Labute approximate surface area is 78.6 Å². The molecule has 2 bridgehead atoms. The molecule has 0 radical (unpaired) electrons. The van der Waals surface area contributed by atoms with E-state index in [0.29, 0.717) is 5.92 Å². The predicted octanol–water partition coefficient (Wildman–Crippen LogP) is 1.54. The van der Waals surface area contributed by atoms with Crippen LogP contribution in [0, 0.1) is 17.8 Å². The van der Waals surface area contributed by atoms with Crippen molar-refractivity contribution in [3.8, 4) is 0 Å². The van der Waals surface area contributed by atoms with Gasteiger partial charge in [0.25, 0.3) is 0 Å². The van der Waals surface area contributed by atoms with Crippen LogP contribution in [0.1, 0.15) is 32.6 Å². The second kappa shape index (κ2) is 3.48. The highest BCUT2D eigenvalue weighted by Gasteiger charge is 2.38. The van der Waals surface area contributed by atoms with Crippen LogP contribution in [-0.4, -0.2) is 12.1 Å². The van der Waals surface area contributed by atoms with Crippen molar-refractivity contribution >= 4 is 12.1 Å². The maximum Gasteiger partial charge on any atom is 0.236 e. The summed E-state index contributed by atoms with van der Waals surface area (Å²) >= 11 is 0. The van der Waals surface area contributed by atoms with Gasteiger partial charge in [-0.05, 0) is 37.0 Å². The highest BCUT2D eigenvalue weighted by Crippen LogP contribution is 2.47. The highest BCUT2D eigenvalue weighted by atomic mass is 16.2. The first-order valence-electron chi connectivity index (χ1n) is 5.05. The lowest BCUT2D eigenvalue weighted by Gasteiger charge is -2.16. The first kappa shape index (κ1) is 8.73. The van der Waals surface area contributed by atoms with Gasteiger partial charge in [0.05, 0.1) is 0 Å². The Morgan fingerprint density at radius 2 is 2.31 bits per heavy atom. The number of amides is 1. The van der Waals surface area contributed by atoms with Gasteiger partial charge in [-0.15, -0.1) is 0 Å². The summed E-state index contributed by atoms with van der Waals surface area (Å²) < 4.78 is 0. The number of carbonyl (C=O) groups excluding carboxylic acids is 1. The van der Waals surface area contributed by atoms with Gasteiger partial charge in [-0.3, -0.25) is 4.79 Å². The zero-order valence-electron chi connectivity index (χ0n) is 7.99. The molecule has 0 aromatic rings. The number of hydrogen-bond donors (Lipinski definition) is 1. The van der Waals surface area contributed by atoms with Crippen molar-refractivity contribution in [1.82, 2.24) is 5.43 Å². The van der Waals surface area contributed by atoms with Crippen molar-refractivity contribution in [2.45, 2.75) is 32.6 Å². The van der Waals surface area contributed by atoms with Crippen LogP contribution in [0.15, 0.2) is 5.10 Å². The molecule has 72 valence electrons. The van der Waals surface area contributed by atoms with E-state index in [4.69, 9.17) is 0 Å². The van der Waals surface area contributed by atoms with Gasteiger partial charge in [-0.25, -0.2) is 5.43 Å². The van der Waals surface area contributed by atoms with E-state index in [0.717, 1.165) is 11.8 Å². The molecule has 0 spiro atoms. The Hall–Kier alpha value is -0.860. The van der Waals surface area contributed by atoms with E-state index < -0.39 is 0 Å². The van der Waals surface area contributed by atoms with Crippen LogP contribution in [0.2, 0.25) is 0 Å². The molecular weight excluding hydrogens is 164 g/mol. The van der Waals surface area contributed by atoms with Crippen molar-refractivity contribution in [3.63, 3.8) is 0 Å². The molecule has 2 aliphatic carbocycles. The minimum Gasteiger partial charge on any atom is -0.274 e. The molecule has 2 saturated carbocycles. The van der Waals surface area contributed by atoms with Crippen LogP contribution in [-0.2, 0) is 4.79 Å². The zero-order chi connectivity index (χ0) is 9.26. The van der Waals surface area contributed by atoms with Crippen molar-refractivity contribution in [2.75, 3.05) is 0 Å². The lowest BCUT2D eigenvalue weighted by atomic mass is 9.90. The number of nitrogens with one attached hydrogen (secondary N) is 1. The van der Waals surface area contributed by atoms with Gasteiger partial charge >= 0.3 is 0 Å². The molecule has 2 rings (SSSR count). The van der Waals surface area contributed by atoms with E-state index >= 15 is 0 Å². The third-order valence-electron chi connectivity index (χ3n) is 3.28. The van der Waals surface area contributed by atoms with Crippen LogP contribution in [0.4, 0.5) is 0 Å². The monoisotopic (exact) mass is 180 g/mol. The molecule has 0 aliphatic heterocycles. The second-order valence-corrected chi connectivity index (χ2v) is 4.28. The van der Waals surface area contributed by atoms with Crippen LogP contribution in [0.5, 0.6) is 0 Å². The van der Waals surface area contributed by atoms with Crippen molar-refractivity contribution in [2.24, 2.45) is 22.9 Å². The van der Waals surface area contributed by atoms with E-state index in [1.54, 1.807) is 0 Å². The molecule has 0 heterocycles. The lowest BCUT2D eigenvalue weighted by molar-refractivity contribution is -0.118. The minimum atomic E-state index is -0.0839. The molecule has 13 heavy (non-hydrogen) atoms. The summed E-state index contributed by atoms with van der Waals surface area (Å²) in [5.41, 5.74) is 2.46. The van der Waals surface area contributed by atoms with E-state index in [1.807, 2.05) is 6.21 Å². The first-order chi connectivity index (χ1) is 6.25. The summed E-state index contributed by atoms with van der Waals surface area (Å²) in [6.07, 6.45) is 7.38. The average Bonchev–Trinajstić information content (AvgIpc) is 2.64. The summed E-state index contributed by atoms with van der Waals surface area (Å²) in [4.78, 5) is 10.6. The van der Waals surface area contributed by atoms with Gasteiger partial charge in [0.2, 0.25) is 5.91 Å². The Balaban J connectivity index is 1.82. The molecule has 1 N–H and O–H groups in total. The Bertz CT molecular complexity index is 237. The molecule has 2 aliphatic rings. The number of fused-ring (bicyclic) bond motifs is 2. The fourth-order valence-corrected chi connectivity index (χ4v) is 2.70. The molecule has 3 heteroatoms. The second-order valence-electron chi connectivity index (χ2n) is 4.28. The van der Waals surface area contributed by atoms with E-state index in [1.165, 1.54) is 32.6 Å². The maximum atomic E-state index is 10.6. The van der Waals surface area contributed by atoms with Gasteiger partial charge < -0.3 is 0 Å². The largest absolute Gasteiger partial charge is 0.274 e. The quantitative estimate of drug-likeness (QED) is 0.508. The molecule has 0 aromatic heterocycles. The maximum absolute atomic E-state index is 10.6. The van der Waals surface area contributed by atoms with Crippen molar-refractivity contribution < 1.29 is 4.79 Å². The smallest absolute Gasteiger partial charge is 0.236 e. The minimum absolute atomic E-state index is 0.0839. The lowest BCUT2D eigenvalue weighted by Crippen LogP contribution is -2.17. The Kier molecular flexibility index (Phi) is 2.34. The highest BCUT2D eigenvalue weighted by molar-refractivity contribution is 5.74. The molecule has 0 saturated heterocycles. The zero-order valence-corrected chi connectivity index (χ0v) is 7.99. The van der Waals surface area contributed by atoms with E-state index in [2.05, 4.69) is 10.5 Å². The molecule has 3 unspecified atom stereocenters. The van der Waals surface area contributed by atoms with Crippen molar-refractivity contribution in [1.29, 1.82) is 0 Å². The van der Waals surface area contributed by atoms with Crippen LogP contribution < -0.4 is 5.43 Å². The van der Waals surface area contributed by atoms with E-state index in [9.17, 15) is 4.79 Å². The van der Waals surface area contributed by atoms with Crippen LogP contribution >= 0.6 is 0 Å². The Morgan fingerprint density at radius 3 is 2.85 bits per heavy atom.